The second kappa shape index (κ2) is 5.98. The zero-order valence-corrected chi connectivity index (χ0v) is 13.4. The van der Waals surface area contributed by atoms with E-state index in [2.05, 4.69) is 10.5 Å². The Morgan fingerprint density at radius 2 is 2.13 bits per heavy atom. The van der Waals surface area contributed by atoms with E-state index in [1.807, 2.05) is 23.1 Å². The van der Waals surface area contributed by atoms with Crippen LogP contribution in [0.4, 0.5) is 0 Å². The molecule has 1 aromatic carbocycles. The van der Waals surface area contributed by atoms with Crippen LogP contribution in [0.3, 0.4) is 0 Å². The fraction of sp³-hybridized carbons (Fsp3) is 0.412. The highest BCUT2D eigenvalue weighted by Crippen LogP contribution is 2.25. The minimum absolute atomic E-state index is 0.0832. The maximum absolute atomic E-state index is 12.7. The van der Waals surface area contributed by atoms with Crippen molar-refractivity contribution >= 4 is 17.5 Å². The molecule has 2 aliphatic rings. The number of aromatic nitrogens is 1. The predicted molar refractivity (Wildman–Crippen MR) is 87.4 cm³/mol. The van der Waals surface area contributed by atoms with E-state index in [0.717, 1.165) is 31.5 Å². The van der Waals surface area contributed by atoms with Crippen LogP contribution >= 0.6 is 11.6 Å². The summed E-state index contributed by atoms with van der Waals surface area (Å²) in [6.45, 7) is 1.50. The predicted octanol–water partition coefficient (Wildman–Crippen LogP) is 2.96. The summed E-state index contributed by atoms with van der Waals surface area (Å²) >= 11 is 6.00. The molecule has 2 atom stereocenters. The van der Waals surface area contributed by atoms with Crippen molar-refractivity contribution in [1.29, 1.82) is 0 Å². The van der Waals surface area contributed by atoms with Crippen LogP contribution in [-0.4, -0.2) is 41.1 Å². The Labute approximate surface area is 139 Å². The molecule has 4 rings (SSSR count). The fourth-order valence-electron chi connectivity index (χ4n) is 3.44. The maximum Gasteiger partial charge on any atom is 0.292 e. The molecule has 1 N–H and O–H groups in total. The van der Waals surface area contributed by atoms with Gasteiger partial charge in [0.25, 0.3) is 5.91 Å². The van der Waals surface area contributed by atoms with Gasteiger partial charge >= 0.3 is 0 Å². The third kappa shape index (κ3) is 2.99. The van der Waals surface area contributed by atoms with Crippen LogP contribution in [0, 0.1) is 0 Å². The van der Waals surface area contributed by atoms with Gasteiger partial charge in [0.1, 0.15) is 5.69 Å². The van der Waals surface area contributed by atoms with Gasteiger partial charge in [-0.25, -0.2) is 0 Å². The second-order valence-electron chi connectivity index (χ2n) is 6.26. The van der Waals surface area contributed by atoms with Crippen LogP contribution in [0.25, 0.3) is 11.3 Å². The van der Waals surface area contributed by atoms with E-state index in [9.17, 15) is 4.79 Å². The second-order valence-corrected chi connectivity index (χ2v) is 6.70. The SMILES string of the molecule is O=C(c1cc(-c2cccc(Cl)c2)no1)N1CCC2CCC(C1)N2. The number of hydrogen-bond acceptors (Lipinski definition) is 4. The highest BCUT2D eigenvalue weighted by Gasteiger charge is 2.32. The molecule has 2 unspecified atom stereocenters. The molecule has 0 saturated carbocycles. The zero-order valence-electron chi connectivity index (χ0n) is 12.7. The lowest BCUT2D eigenvalue weighted by Gasteiger charge is -2.22. The van der Waals surface area contributed by atoms with E-state index in [-0.39, 0.29) is 11.7 Å². The first-order valence-corrected chi connectivity index (χ1v) is 8.35. The molecule has 3 heterocycles. The van der Waals surface area contributed by atoms with Crippen LogP contribution in [-0.2, 0) is 0 Å². The number of fused-ring (bicyclic) bond motifs is 2. The van der Waals surface area contributed by atoms with Crippen LogP contribution < -0.4 is 5.32 Å². The van der Waals surface area contributed by atoms with Gasteiger partial charge in [-0.05, 0) is 31.4 Å². The van der Waals surface area contributed by atoms with Gasteiger partial charge in [-0.1, -0.05) is 28.9 Å². The Hall–Kier alpha value is -1.85. The van der Waals surface area contributed by atoms with E-state index in [1.165, 1.54) is 6.42 Å². The van der Waals surface area contributed by atoms with Gasteiger partial charge in [0, 0.05) is 41.8 Å². The Morgan fingerprint density at radius 3 is 3.00 bits per heavy atom. The molecule has 120 valence electrons. The molecule has 2 saturated heterocycles. The number of hydrogen-bond donors (Lipinski definition) is 1. The Morgan fingerprint density at radius 1 is 1.26 bits per heavy atom. The summed E-state index contributed by atoms with van der Waals surface area (Å²) in [5, 5.41) is 8.22. The van der Waals surface area contributed by atoms with E-state index in [0.29, 0.717) is 22.8 Å². The Bertz CT molecular complexity index is 730. The van der Waals surface area contributed by atoms with Crippen molar-refractivity contribution in [3.8, 4) is 11.3 Å². The van der Waals surface area contributed by atoms with Gasteiger partial charge in [0.15, 0.2) is 0 Å². The third-order valence-corrected chi connectivity index (χ3v) is 4.89. The summed E-state index contributed by atoms with van der Waals surface area (Å²) < 4.78 is 5.29. The molecule has 2 bridgehead atoms. The largest absolute Gasteiger partial charge is 0.350 e. The maximum atomic E-state index is 12.7. The summed E-state index contributed by atoms with van der Waals surface area (Å²) in [7, 11) is 0. The molecule has 1 amide bonds. The minimum Gasteiger partial charge on any atom is -0.350 e. The molecule has 0 spiro atoms. The highest BCUT2D eigenvalue weighted by atomic mass is 35.5. The molecule has 1 aromatic heterocycles. The average Bonchev–Trinajstić information content (AvgIpc) is 3.13. The minimum atomic E-state index is -0.0832. The van der Waals surface area contributed by atoms with E-state index < -0.39 is 0 Å². The lowest BCUT2D eigenvalue weighted by Crippen LogP contribution is -2.38. The van der Waals surface area contributed by atoms with Crippen LogP contribution in [0.15, 0.2) is 34.9 Å². The van der Waals surface area contributed by atoms with Crippen molar-refractivity contribution in [2.24, 2.45) is 0 Å². The van der Waals surface area contributed by atoms with E-state index in [1.54, 1.807) is 12.1 Å². The first kappa shape index (κ1) is 14.7. The number of halogens is 1. The number of rotatable bonds is 2. The fourth-order valence-corrected chi connectivity index (χ4v) is 3.63. The van der Waals surface area contributed by atoms with Gasteiger partial charge < -0.3 is 14.7 Å². The average molecular weight is 332 g/mol. The molecule has 2 fully saturated rings. The van der Waals surface area contributed by atoms with Crippen molar-refractivity contribution < 1.29 is 9.32 Å². The summed E-state index contributed by atoms with van der Waals surface area (Å²) in [6, 6.07) is 10.0. The molecule has 23 heavy (non-hydrogen) atoms. The lowest BCUT2D eigenvalue weighted by atomic mass is 10.1. The molecular weight excluding hydrogens is 314 g/mol. The van der Waals surface area contributed by atoms with Crippen LogP contribution in [0.5, 0.6) is 0 Å². The monoisotopic (exact) mass is 331 g/mol. The van der Waals surface area contributed by atoms with Crippen molar-refractivity contribution in [1.82, 2.24) is 15.4 Å². The molecule has 6 heteroatoms. The Kier molecular flexibility index (Phi) is 3.83. The summed E-state index contributed by atoms with van der Waals surface area (Å²) in [4.78, 5) is 14.6. The molecule has 0 radical (unpaired) electrons. The normalized spacial score (nSPS) is 23.8. The first-order chi connectivity index (χ1) is 11.2. The van der Waals surface area contributed by atoms with Crippen molar-refractivity contribution in [3.63, 3.8) is 0 Å². The van der Waals surface area contributed by atoms with Crippen LogP contribution in [0.2, 0.25) is 5.02 Å². The zero-order chi connectivity index (χ0) is 15.8. The topological polar surface area (TPSA) is 58.4 Å². The van der Waals surface area contributed by atoms with Crippen molar-refractivity contribution in [2.45, 2.75) is 31.3 Å². The highest BCUT2D eigenvalue weighted by molar-refractivity contribution is 6.30. The van der Waals surface area contributed by atoms with Gasteiger partial charge in [-0.3, -0.25) is 4.79 Å². The molecule has 2 aliphatic heterocycles. The first-order valence-electron chi connectivity index (χ1n) is 7.97. The van der Waals surface area contributed by atoms with Crippen molar-refractivity contribution in [2.75, 3.05) is 13.1 Å². The summed E-state index contributed by atoms with van der Waals surface area (Å²) in [5.74, 6) is 0.206. The van der Waals surface area contributed by atoms with Gasteiger partial charge in [-0.15, -0.1) is 0 Å². The standard InChI is InChI=1S/C17H18ClN3O2/c18-12-3-1-2-11(8-12)15-9-16(23-20-15)17(22)21-7-6-13-4-5-14(10-21)19-13/h1-3,8-9,13-14,19H,4-7,10H2. The van der Waals surface area contributed by atoms with Crippen LogP contribution in [0.1, 0.15) is 29.8 Å². The molecule has 5 nitrogen and oxygen atoms in total. The number of carbonyl (C=O) groups is 1. The van der Waals surface area contributed by atoms with E-state index >= 15 is 0 Å². The smallest absolute Gasteiger partial charge is 0.292 e. The van der Waals surface area contributed by atoms with Crippen molar-refractivity contribution in [3.05, 3.63) is 41.1 Å². The Balaban J connectivity index is 1.53. The lowest BCUT2D eigenvalue weighted by molar-refractivity contribution is 0.0706. The quantitative estimate of drug-likeness (QED) is 0.919. The van der Waals surface area contributed by atoms with Gasteiger partial charge in [0.05, 0.1) is 0 Å². The number of benzene rings is 1. The summed E-state index contributed by atoms with van der Waals surface area (Å²) in [5.41, 5.74) is 1.47. The molecular formula is C17H18ClN3O2. The number of nitrogens with one attached hydrogen (secondary N) is 1. The number of amides is 1. The summed E-state index contributed by atoms with van der Waals surface area (Å²) in [6.07, 6.45) is 3.35. The van der Waals surface area contributed by atoms with E-state index in [4.69, 9.17) is 16.1 Å². The number of carbonyl (C=O) groups excluding carboxylic acids is 1. The molecule has 2 aromatic rings. The third-order valence-electron chi connectivity index (χ3n) is 4.65. The number of nitrogens with zero attached hydrogens (tertiary/aromatic N) is 2. The molecule has 0 aliphatic carbocycles. The van der Waals surface area contributed by atoms with Gasteiger partial charge in [0.2, 0.25) is 5.76 Å². The number of likely N-dealkylation sites (tertiary alicyclic amines) is 1. The van der Waals surface area contributed by atoms with Gasteiger partial charge in [-0.2, -0.15) is 0 Å².